The lowest BCUT2D eigenvalue weighted by molar-refractivity contribution is -0.137. The van der Waals surface area contributed by atoms with Crippen molar-refractivity contribution in [3.63, 3.8) is 0 Å². The van der Waals surface area contributed by atoms with Gasteiger partial charge in [0.15, 0.2) is 0 Å². The molecule has 0 amide bonds. The fourth-order valence-corrected chi connectivity index (χ4v) is 4.23. The van der Waals surface area contributed by atoms with Crippen LogP contribution in [0.15, 0.2) is 29.4 Å². The standard InChI is InChI=1S/C18H20F3NO2/c1-16(2)13-7-8-17(3,10-13)15(16)22-24-14(23)11-5-4-6-12(9-11)18(19,20)21/h4-6,9,13H,7-8,10H2,1-3H3/b22-15-. The molecule has 2 aliphatic carbocycles. The Kier molecular flexibility index (Phi) is 3.77. The second-order valence-electron chi connectivity index (χ2n) is 7.62. The Balaban J connectivity index is 1.81. The topological polar surface area (TPSA) is 38.7 Å². The van der Waals surface area contributed by atoms with Crippen molar-refractivity contribution in [2.75, 3.05) is 0 Å². The molecule has 2 bridgehead atoms. The minimum atomic E-state index is -4.50. The van der Waals surface area contributed by atoms with E-state index in [0.717, 1.165) is 37.1 Å². The van der Waals surface area contributed by atoms with Crippen molar-refractivity contribution >= 4 is 11.7 Å². The van der Waals surface area contributed by atoms with Crippen LogP contribution >= 0.6 is 0 Å². The molecule has 0 radical (unpaired) electrons. The largest absolute Gasteiger partial charge is 0.416 e. The normalized spacial score (nSPS) is 29.9. The average molecular weight is 339 g/mol. The number of carbonyl (C=O) groups is 1. The number of hydrogen-bond donors (Lipinski definition) is 0. The maximum atomic E-state index is 12.7. The number of halogens is 3. The van der Waals surface area contributed by atoms with Crippen LogP contribution in [0.3, 0.4) is 0 Å². The van der Waals surface area contributed by atoms with Gasteiger partial charge >= 0.3 is 12.1 Å². The van der Waals surface area contributed by atoms with Crippen LogP contribution in [0.2, 0.25) is 0 Å². The van der Waals surface area contributed by atoms with Gasteiger partial charge in [0.25, 0.3) is 0 Å². The van der Waals surface area contributed by atoms with E-state index in [1.807, 2.05) is 0 Å². The predicted octanol–water partition coefficient (Wildman–Crippen LogP) is 5.06. The first kappa shape index (κ1) is 17.0. The zero-order valence-electron chi connectivity index (χ0n) is 13.9. The number of nitrogens with zero attached hydrogens (tertiary/aromatic N) is 1. The van der Waals surface area contributed by atoms with E-state index < -0.39 is 17.7 Å². The van der Waals surface area contributed by atoms with Crippen molar-refractivity contribution in [2.24, 2.45) is 21.9 Å². The number of carbonyl (C=O) groups excluding carboxylic acids is 1. The third-order valence-electron chi connectivity index (χ3n) is 5.59. The summed E-state index contributed by atoms with van der Waals surface area (Å²) in [6, 6.07) is 4.19. The second-order valence-corrected chi connectivity index (χ2v) is 7.62. The smallest absolute Gasteiger partial charge is 0.313 e. The maximum Gasteiger partial charge on any atom is 0.416 e. The van der Waals surface area contributed by atoms with E-state index in [1.54, 1.807) is 0 Å². The number of oxime groups is 1. The summed E-state index contributed by atoms with van der Waals surface area (Å²) in [6.07, 6.45) is -1.35. The summed E-state index contributed by atoms with van der Waals surface area (Å²) in [7, 11) is 0. The lowest BCUT2D eigenvalue weighted by Gasteiger charge is -2.34. The molecule has 2 aliphatic rings. The molecule has 0 heterocycles. The van der Waals surface area contributed by atoms with Crippen LogP contribution in [0.1, 0.15) is 56.0 Å². The lowest BCUT2D eigenvalue weighted by atomic mass is 9.71. The summed E-state index contributed by atoms with van der Waals surface area (Å²) in [5.41, 5.74) is -0.424. The molecule has 24 heavy (non-hydrogen) atoms. The van der Waals surface area contributed by atoms with Crippen LogP contribution in [-0.4, -0.2) is 11.7 Å². The third kappa shape index (κ3) is 2.72. The van der Waals surface area contributed by atoms with Crippen molar-refractivity contribution < 1.29 is 22.8 Å². The molecule has 0 N–H and O–H groups in total. The Labute approximate surface area is 138 Å². The third-order valence-corrected chi connectivity index (χ3v) is 5.59. The van der Waals surface area contributed by atoms with Gasteiger partial charge in [0.05, 0.1) is 16.8 Å². The fraction of sp³-hybridized carbons (Fsp3) is 0.556. The molecular weight excluding hydrogens is 319 g/mol. The molecule has 0 aromatic heterocycles. The van der Waals surface area contributed by atoms with Crippen molar-refractivity contribution in [1.29, 1.82) is 0 Å². The lowest BCUT2D eigenvalue weighted by Crippen LogP contribution is -2.36. The van der Waals surface area contributed by atoms with Gasteiger partial charge in [-0.15, -0.1) is 0 Å². The minimum absolute atomic E-state index is 0.0811. The predicted molar refractivity (Wildman–Crippen MR) is 83.5 cm³/mol. The van der Waals surface area contributed by atoms with E-state index in [9.17, 15) is 18.0 Å². The highest BCUT2D eigenvalue weighted by Gasteiger charge is 2.57. The Hall–Kier alpha value is -1.85. The van der Waals surface area contributed by atoms with Gasteiger partial charge < -0.3 is 4.84 Å². The first-order valence-corrected chi connectivity index (χ1v) is 8.02. The molecule has 3 nitrogen and oxygen atoms in total. The molecule has 0 spiro atoms. The molecule has 2 fully saturated rings. The maximum absolute atomic E-state index is 12.7. The summed E-state index contributed by atoms with van der Waals surface area (Å²) in [5, 5.41) is 4.08. The van der Waals surface area contributed by atoms with Gasteiger partial charge in [-0.25, -0.2) is 4.79 Å². The molecule has 1 aromatic rings. The number of benzene rings is 1. The van der Waals surface area contributed by atoms with E-state index in [4.69, 9.17) is 4.84 Å². The fourth-order valence-electron chi connectivity index (χ4n) is 4.23. The van der Waals surface area contributed by atoms with Gasteiger partial charge in [0.1, 0.15) is 0 Å². The van der Waals surface area contributed by atoms with Crippen molar-refractivity contribution in [3.05, 3.63) is 35.4 Å². The van der Waals surface area contributed by atoms with E-state index in [-0.39, 0.29) is 16.4 Å². The molecule has 3 rings (SSSR count). The van der Waals surface area contributed by atoms with Gasteiger partial charge in [-0.05, 0) is 43.4 Å². The molecule has 6 heteroatoms. The molecule has 2 unspecified atom stereocenters. The quantitative estimate of drug-likeness (QED) is 0.558. The molecule has 0 aliphatic heterocycles. The molecule has 0 saturated heterocycles. The van der Waals surface area contributed by atoms with Crippen LogP contribution in [-0.2, 0) is 11.0 Å². The van der Waals surface area contributed by atoms with Gasteiger partial charge in [-0.2, -0.15) is 13.2 Å². The molecule has 2 saturated carbocycles. The summed E-state index contributed by atoms with van der Waals surface area (Å²) in [5.74, 6) is -0.357. The number of alkyl halides is 3. The Bertz CT molecular complexity index is 702. The highest BCUT2D eigenvalue weighted by Crippen LogP contribution is 2.60. The SMILES string of the molecule is CC12CCC(C1)C(C)(C)/C2=N/OC(=O)c1cccc(C(F)(F)F)c1. The van der Waals surface area contributed by atoms with Crippen molar-refractivity contribution in [2.45, 2.75) is 46.2 Å². The molecule has 130 valence electrons. The zero-order valence-corrected chi connectivity index (χ0v) is 13.9. The number of rotatable bonds is 2. The summed E-state index contributed by atoms with van der Waals surface area (Å²) >= 11 is 0. The van der Waals surface area contributed by atoms with Gasteiger partial charge in [0.2, 0.25) is 0 Å². The average Bonchev–Trinajstić information content (AvgIpc) is 2.97. The monoisotopic (exact) mass is 339 g/mol. The summed E-state index contributed by atoms with van der Waals surface area (Å²) < 4.78 is 38.2. The minimum Gasteiger partial charge on any atom is -0.313 e. The molecule has 1 aromatic carbocycles. The zero-order chi connectivity index (χ0) is 17.8. The molecular formula is C18H20F3NO2. The first-order valence-electron chi connectivity index (χ1n) is 8.02. The second kappa shape index (κ2) is 5.33. The highest BCUT2D eigenvalue weighted by molar-refractivity contribution is 5.98. The van der Waals surface area contributed by atoms with Crippen LogP contribution in [0.4, 0.5) is 13.2 Å². The van der Waals surface area contributed by atoms with E-state index in [1.165, 1.54) is 12.1 Å². The summed E-state index contributed by atoms with van der Waals surface area (Å²) in [6.45, 7) is 6.27. The van der Waals surface area contributed by atoms with Crippen molar-refractivity contribution in [3.8, 4) is 0 Å². The van der Waals surface area contributed by atoms with Crippen molar-refractivity contribution in [1.82, 2.24) is 0 Å². The van der Waals surface area contributed by atoms with Gasteiger partial charge in [0, 0.05) is 10.8 Å². The van der Waals surface area contributed by atoms with E-state index in [2.05, 4.69) is 25.9 Å². The Morgan fingerprint density at radius 3 is 2.58 bits per heavy atom. The van der Waals surface area contributed by atoms with Gasteiger partial charge in [-0.1, -0.05) is 32.0 Å². The number of hydrogen-bond acceptors (Lipinski definition) is 3. The van der Waals surface area contributed by atoms with E-state index in [0.29, 0.717) is 5.92 Å². The van der Waals surface area contributed by atoms with Crippen LogP contribution in [0, 0.1) is 16.7 Å². The van der Waals surface area contributed by atoms with Crippen LogP contribution in [0.25, 0.3) is 0 Å². The van der Waals surface area contributed by atoms with Gasteiger partial charge in [-0.3, -0.25) is 0 Å². The Morgan fingerprint density at radius 1 is 1.29 bits per heavy atom. The highest BCUT2D eigenvalue weighted by atomic mass is 19.4. The van der Waals surface area contributed by atoms with E-state index >= 15 is 0 Å². The molecule has 2 atom stereocenters. The first-order chi connectivity index (χ1) is 11.0. The number of fused-ring (bicyclic) bond motifs is 2. The van der Waals surface area contributed by atoms with Crippen LogP contribution in [0.5, 0.6) is 0 Å². The summed E-state index contributed by atoms with van der Waals surface area (Å²) in [4.78, 5) is 17.1. The Morgan fingerprint density at radius 2 is 2.00 bits per heavy atom. The van der Waals surface area contributed by atoms with Crippen LogP contribution < -0.4 is 0 Å².